The Morgan fingerprint density at radius 3 is 2.20 bits per heavy atom. The van der Waals surface area contributed by atoms with Gasteiger partial charge in [-0.2, -0.15) is 0 Å². The Labute approximate surface area is 93.1 Å². The molecule has 0 spiro atoms. The van der Waals surface area contributed by atoms with Crippen LogP contribution in [0, 0.1) is 0 Å². The molecule has 0 saturated heterocycles. The molecule has 0 unspecified atom stereocenters. The van der Waals surface area contributed by atoms with Crippen molar-refractivity contribution in [3.05, 3.63) is 27.8 Å². The van der Waals surface area contributed by atoms with Crippen molar-refractivity contribution < 1.29 is 16.8 Å². The molecule has 0 bridgehead atoms. The van der Waals surface area contributed by atoms with Gasteiger partial charge in [-0.05, 0) is 11.4 Å². The van der Waals surface area contributed by atoms with E-state index in [0.29, 0.717) is 4.88 Å². The molecule has 1 aromatic rings. The van der Waals surface area contributed by atoms with Gasteiger partial charge in [0, 0.05) is 17.4 Å². The summed E-state index contributed by atoms with van der Waals surface area (Å²) in [7, 11) is -7.00. The van der Waals surface area contributed by atoms with Gasteiger partial charge in [-0.1, -0.05) is 6.07 Å². The van der Waals surface area contributed by atoms with E-state index in [1.54, 1.807) is 17.5 Å². The first-order chi connectivity index (χ1) is 6.70. The van der Waals surface area contributed by atoms with Gasteiger partial charge >= 0.3 is 0 Å². The summed E-state index contributed by atoms with van der Waals surface area (Å²) >= 11 is 1.19. The summed E-state index contributed by atoms with van der Waals surface area (Å²) in [6.07, 6.45) is 1.95. The molecule has 1 heterocycles. The van der Waals surface area contributed by atoms with E-state index < -0.39 is 19.7 Å². The average molecular weight is 266 g/mol. The van der Waals surface area contributed by atoms with Gasteiger partial charge in [0.25, 0.3) is 0 Å². The van der Waals surface area contributed by atoms with Crippen molar-refractivity contribution in [2.75, 3.05) is 12.5 Å². The molecule has 15 heavy (non-hydrogen) atoms. The summed E-state index contributed by atoms with van der Waals surface area (Å²) in [6, 6.07) is 3.24. The summed E-state index contributed by atoms with van der Waals surface area (Å²) in [5.74, 6) is 0. The van der Waals surface area contributed by atoms with Crippen molar-refractivity contribution in [3.8, 4) is 0 Å². The number of sulfone groups is 2. The minimum absolute atomic E-state index is 0.153. The number of rotatable bonds is 3. The van der Waals surface area contributed by atoms with Crippen LogP contribution in [0.25, 0.3) is 4.91 Å². The van der Waals surface area contributed by atoms with Crippen LogP contribution in [0.2, 0.25) is 0 Å². The Balaban J connectivity index is 3.43. The lowest BCUT2D eigenvalue weighted by Gasteiger charge is -2.01. The zero-order valence-electron chi connectivity index (χ0n) is 8.17. The topological polar surface area (TPSA) is 68.3 Å². The molecular formula is C8H10O4S3. The van der Waals surface area contributed by atoms with Crippen LogP contribution in [0.4, 0.5) is 0 Å². The second-order valence-electron chi connectivity index (χ2n) is 3.06. The monoisotopic (exact) mass is 266 g/mol. The summed E-state index contributed by atoms with van der Waals surface area (Å²) < 4.78 is 44.9. The molecule has 1 rings (SSSR count). The van der Waals surface area contributed by atoms with Crippen molar-refractivity contribution in [2.24, 2.45) is 0 Å². The number of thiophene rings is 1. The van der Waals surface area contributed by atoms with Crippen molar-refractivity contribution >= 4 is 35.9 Å². The molecule has 7 heteroatoms. The highest BCUT2D eigenvalue weighted by molar-refractivity contribution is 8.02. The van der Waals surface area contributed by atoms with Gasteiger partial charge in [0.15, 0.2) is 19.7 Å². The van der Waals surface area contributed by atoms with Gasteiger partial charge in [-0.15, -0.1) is 11.3 Å². The largest absolute Gasteiger partial charge is 0.225 e. The van der Waals surface area contributed by atoms with Crippen LogP contribution in [-0.2, 0) is 19.7 Å². The first-order valence-electron chi connectivity index (χ1n) is 3.86. The smallest absolute Gasteiger partial charge is 0.177 e. The Bertz CT molecular complexity index is 561. The molecule has 0 fully saturated rings. The average Bonchev–Trinajstić information content (AvgIpc) is 2.47. The Hall–Kier alpha value is -0.660. The molecule has 1 aromatic heterocycles. The predicted molar refractivity (Wildman–Crippen MR) is 62.0 cm³/mol. The second-order valence-corrected chi connectivity index (χ2v) is 7.89. The summed E-state index contributed by atoms with van der Waals surface area (Å²) in [6.45, 7) is 0. The molecule has 0 amide bonds. The van der Waals surface area contributed by atoms with Crippen LogP contribution >= 0.6 is 11.3 Å². The number of hydrogen-bond acceptors (Lipinski definition) is 5. The maximum atomic E-state index is 11.4. The third-order valence-corrected chi connectivity index (χ3v) is 4.47. The van der Waals surface area contributed by atoms with E-state index in [9.17, 15) is 16.8 Å². The Morgan fingerprint density at radius 2 is 1.87 bits per heavy atom. The van der Waals surface area contributed by atoms with E-state index in [1.165, 1.54) is 11.3 Å². The highest BCUT2D eigenvalue weighted by Crippen LogP contribution is 2.25. The zero-order chi connectivity index (χ0) is 11.7. The lowest BCUT2D eigenvalue weighted by atomic mass is 10.5. The fourth-order valence-electron chi connectivity index (χ4n) is 0.941. The highest BCUT2D eigenvalue weighted by Gasteiger charge is 2.17. The normalized spacial score (nSPS) is 14.1. The van der Waals surface area contributed by atoms with E-state index in [1.807, 2.05) is 0 Å². The quantitative estimate of drug-likeness (QED) is 0.822. The Morgan fingerprint density at radius 1 is 1.27 bits per heavy atom. The van der Waals surface area contributed by atoms with E-state index in [2.05, 4.69) is 0 Å². The highest BCUT2D eigenvalue weighted by atomic mass is 32.2. The minimum atomic E-state index is -3.53. The molecule has 0 radical (unpaired) electrons. The molecule has 0 N–H and O–H groups in total. The van der Waals surface area contributed by atoms with Crippen molar-refractivity contribution in [3.63, 3.8) is 0 Å². The molecule has 0 atom stereocenters. The minimum Gasteiger partial charge on any atom is -0.225 e. The molecule has 0 saturated carbocycles. The summed E-state index contributed by atoms with van der Waals surface area (Å²) in [5, 5.41) is 2.48. The molecule has 0 aliphatic rings. The lowest BCUT2D eigenvalue weighted by molar-refractivity contribution is 0.607. The molecule has 0 aliphatic heterocycles. The van der Waals surface area contributed by atoms with Crippen LogP contribution in [0.3, 0.4) is 0 Å². The van der Waals surface area contributed by atoms with Crippen LogP contribution in [0.1, 0.15) is 4.88 Å². The summed E-state index contributed by atoms with van der Waals surface area (Å²) in [5.41, 5.74) is 0. The fraction of sp³-hybridized carbons (Fsp3) is 0.250. The van der Waals surface area contributed by atoms with Crippen molar-refractivity contribution in [2.45, 2.75) is 0 Å². The Kier molecular flexibility index (Phi) is 3.37. The maximum absolute atomic E-state index is 11.4. The van der Waals surface area contributed by atoms with Gasteiger partial charge in [0.05, 0.1) is 10.3 Å². The van der Waals surface area contributed by atoms with Gasteiger partial charge in [-0.3, -0.25) is 0 Å². The molecule has 84 valence electrons. The van der Waals surface area contributed by atoms with Crippen LogP contribution in [0.15, 0.2) is 22.9 Å². The van der Waals surface area contributed by atoms with Crippen LogP contribution in [0.5, 0.6) is 0 Å². The molecule has 0 aliphatic carbocycles. The molecule has 4 nitrogen and oxygen atoms in total. The third-order valence-electron chi connectivity index (χ3n) is 1.48. The molecule has 0 aromatic carbocycles. The maximum Gasteiger partial charge on any atom is 0.177 e. The summed E-state index contributed by atoms with van der Waals surface area (Å²) in [4.78, 5) is 0.280. The fourth-order valence-corrected chi connectivity index (χ4v) is 4.42. The SMILES string of the molecule is CS(=O)(=O)C=C(c1cccs1)S(C)(=O)=O. The predicted octanol–water partition coefficient (Wildman–Crippen LogP) is 1.14. The lowest BCUT2D eigenvalue weighted by Crippen LogP contribution is -2.02. The van der Waals surface area contributed by atoms with Gasteiger partial charge in [0.2, 0.25) is 0 Å². The number of hydrogen-bond donors (Lipinski definition) is 0. The van der Waals surface area contributed by atoms with E-state index in [4.69, 9.17) is 0 Å². The van der Waals surface area contributed by atoms with Gasteiger partial charge < -0.3 is 0 Å². The third kappa shape index (κ3) is 3.77. The van der Waals surface area contributed by atoms with Crippen molar-refractivity contribution in [1.29, 1.82) is 0 Å². The van der Waals surface area contributed by atoms with Gasteiger partial charge in [0.1, 0.15) is 0 Å². The van der Waals surface area contributed by atoms with E-state index in [-0.39, 0.29) is 4.91 Å². The van der Waals surface area contributed by atoms with Gasteiger partial charge in [-0.25, -0.2) is 16.8 Å². The second kappa shape index (κ2) is 4.07. The first-order valence-corrected chi connectivity index (χ1v) is 8.58. The standard InChI is InChI=1S/C8H10O4S3/c1-14(9,10)6-8(15(2,11)12)7-4-3-5-13-7/h3-6H,1-2H3. The van der Waals surface area contributed by atoms with Crippen molar-refractivity contribution in [1.82, 2.24) is 0 Å². The molecular weight excluding hydrogens is 256 g/mol. The zero-order valence-corrected chi connectivity index (χ0v) is 10.6. The van der Waals surface area contributed by atoms with Crippen LogP contribution in [-0.4, -0.2) is 29.3 Å². The van der Waals surface area contributed by atoms with Crippen LogP contribution < -0.4 is 0 Å². The van der Waals surface area contributed by atoms with E-state index >= 15 is 0 Å². The first kappa shape index (κ1) is 12.4. The van der Waals surface area contributed by atoms with E-state index in [0.717, 1.165) is 17.9 Å².